The molecule has 0 aliphatic carbocycles. The number of aromatic nitrogens is 2. The van der Waals surface area contributed by atoms with Crippen molar-refractivity contribution in [2.24, 2.45) is 0 Å². The molecule has 2 heterocycles. The molecular formula is C23H31ClN4O3. The predicted molar refractivity (Wildman–Crippen MR) is 124 cm³/mol. The van der Waals surface area contributed by atoms with Crippen molar-refractivity contribution in [3.8, 4) is 0 Å². The van der Waals surface area contributed by atoms with Crippen LogP contribution in [0.4, 0.5) is 5.82 Å². The van der Waals surface area contributed by atoms with E-state index in [0.717, 1.165) is 12.0 Å². The maximum atomic E-state index is 13.1. The van der Waals surface area contributed by atoms with Gasteiger partial charge in [0.2, 0.25) is 5.91 Å². The normalized spacial score (nSPS) is 14.9. The summed E-state index contributed by atoms with van der Waals surface area (Å²) >= 11 is 6.21. The van der Waals surface area contributed by atoms with E-state index in [-0.39, 0.29) is 35.7 Å². The SMILES string of the molecule is CC(C)n1c(N2CCCN(C(=O)Cc3ccccc3Cl)CC2)cc(=O)n(C(C)C)c1=O. The Labute approximate surface area is 187 Å². The number of hydrogen-bond acceptors (Lipinski definition) is 4. The molecule has 0 spiro atoms. The molecule has 1 aliphatic rings. The van der Waals surface area contributed by atoms with E-state index in [2.05, 4.69) is 4.90 Å². The number of rotatable bonds is 5. The Morgan fingerprint density at radius 1 is 0.968 bits per heavy atom. The third-order valence-electron chi connectivity index (χ3n) is 5.65. The van der Waals surface area contributed by atoms with Crippen molar-refractivity contribution in [1.82, 2.24) is 14.0 Å². The van der Waals surface area contributed by atoms with Gasteiger partial charge in [0.1, 0.15) is 5.82 Å². The number of amides is 1. The van der Waals surface area contributed by atoms with E-state index in [4.69, 9.17) is 11.6 Å². The van der Waals surface area contributed by atoms with Crippen molar-refractivity contribution < 1.29 is 4.79 Å². The summed E-state index contributed by atoms with van der Waals surface area (Å²) in [7, 11) is 0. The summed E-state index contributed by atoms with van der Waals surface area (Å²) in [5, 5.41) is 0.596. The molecule has 3 rings (SSSR count). The Balaban J connectivity index is 1.82. The monoisotopic (exact) mass is 446 g/mol. The van der Waals surface area contributed by atoms with Crippen LogP contribution in [0.1, 0.15) is 51.8 Å². The molecule has 1 fully saturated rings. The van der Waals surface area contributed by atoms with E-state index in [0.29, 0.717) is 37.0 Å². The minimum atomic E-state index is -0.289. The van der Waals surface area contributed by atoms with Crippen LogP contribution >= 0.6 is 11.6 Å². The van der Waals surface area contributed by atoms with Crippen molar-refractivity contribution in [1.29, 1.82) is 0 Å². The van der Waals surface area contributed by atoms with Gasteiger partial charge in [0.25, 0.3) is 5.56 Å². The minimum absolute atomic E-state index is 0.0337. The number of nitrogens with zero attached hydrogens (tertiary/aromatic N) is 4. The Kier molecular flexibility index (Phi) is 7.26. The lowest BCUT2D eigenvalue weighted by molar-refractivity contribution is -0.130. The second-order valence-electron chi connectivity index (χ2n) is 8.54. The molecule has 0 atom stereocenters. The number of benzene rings is 1. The lowest BCUT2D eigenvalue weighted by Gasteiger charge is -2.29. The lowest BCUT2D eigenvalue weighted by atomic mass is 10.1. The highest BCUT2D eigenvalue weighted by molar-refractivity contribution is 6.31. The minimum Gasteiger partial charge on any atom is -0.356 e. The van der Waals surface area contributed by atoms with Crippen molar-refractivity contribution in [2.75, 3.05) is 31.1 Å². The van der Waals surface area contributed by atoms with Crippen molar-refractivity contribution in [2.45, 2.75) is 52.6 Å². The molecule has 1 saturated heterocycles. The maximum absolute atomic E-state index is 13.1. The largest absolute Gasteiger partial charge is 0.356 e. The molecule has 1 aliphatic heterocycles. The van der Waals surface area contributed by atoms with E-state index in [1.807, 2.05) is 50.8 Å². The number of anilines is 1. The first kappa shape index (κ1) is 23.1. The van der Waals surface area contributed by atoms with E-state index >= 15 is 0 Å². The second kappa shape index (κ2) is 9.73. The van der Waals surface area contributed by atoms with Gasteiger partial charge in [-0.05, 0) is 45.7 Å². The van der Waals surface area contributed by atoms with Crippen LogP contribution in [0.15, 0.2) is 39.9 Å². The summed E-state index contributed by atoms with van der Waals surface area (Å²) in [4.78, 5) is 42.5. The number of hydrogen-bond donors (Lipinski definition) is 0. The van der Waals surface area contributed by atoms with Gasteiger partial charge < -0.3 is 9.80 Å². The van der Waals surface area contributed by atoms with Crippen LogP contribution in [0.2, 0.25) is 5.02 Å². The fourth-order valence-corrected chi connectivity index (χ4v) is 4.28. The van der Waals surface area contributed by atoms with Gasteiger partial charge in [0, 0.05) is 49.4 Å². The smallest absolute Gasteiger partial charge is 0.333 e. The van der Waals surface area contributed by atoms with Gasteiger partial charge in [-0.3, -0.25) is 18.7 Å². The molecule has 7 nitrogen and oxygen atoms in total. The van der Waals surface area contributed by atoms with Gasteiger partial charge in [-0.25, -0.2) is 4.79 Å². The summed E-state index contributed by atoms with van der Waals surface area (Å²) in [5.41, 5.74) is 0.243. The van der Waals surface area contributed by atoms with Gasteiger partial charge in [-0.15, -0.1) is 0 Å². The summed E-state index contributed by atoms with van der Waals surface area (Å²) in [6.07, 6.45) is 1.02. The van der Waals surface area contributed by atoms with Crippen molar-refractivity contribution >= 4 is 23.3 Å². The maximum Gasteiger partial charge on any atom is 0.333 e. The van der Waals surface area contributed by atoms with E-state index < -0.39 is 0 Å². The Morgan fingerprint density at radius 2 is 1.65 bits per heavy atom. The zero-order chi connectivity index (χ0) is 22.7. The van der Waals surface area contributed by atoms with E-state index in [1.54, 1.807) is 16.7 Å². The molecular weight excluding hydrogens is 416 g/mol. The quantitative estimate of drug-likeness (QED) is 0.707. The number of carbonyl (C=O) groups excluding carboxylic acids is 1. The summed E-state index contributed by atoms with van der Waals surface area (Å²) in [6.45, 7) is 9.95. The number of carbonyl (C=O) groups is 1. The average molecular weight is 447 g/mol. The second-order valence-corrected chi connectivity index (χ2v) is 8.95. The molecule has 2 aromatic rings. The van der Waals surface area contributed by atoms with Gasteiger partial charge in [-0.1, -0.05) is 29.8 Å². The molecule has 1 amide bonds. The Morgan fingerprint density at radius 3 is 2.29 bits per heavy atom. The van der Waals surface area contributed by atoms with Crippen LogP contribution in [0.25, 0.3) is 0 Å². The number of halogens is 1. The zero-order valence-electron chi connectivity index (χ0n) is 18.7. The fraction of sp³-hybridized carbons (Fsp3) is 0.522. The van der Waals surface area contributed by atoms with Gasteiger partial charge in [-0.2, -0.15) is 0 Å². The highest BCUT2D eigenvalue weighted by Gasteiger charge is 2.24. The predicted octanol–water partition coefficient (Wildman–Crippen LogP) is 3.11. The topological polar surface area (TPSA) is 67.5 Å². The third-order valence-corrected chi connectivity index (χ3v) is 6.02. The van der Waals surface area contributed by atoms with Crippen molar-refractivity contribution in [3.63, 3.8) is 0 Å². The van der Waals surface area contributed by atoms with Crippen LogP contribution in [-0.4, -0.2) is 46.1 Å². The average Bonchev–Trinajstić information content (AvgIpc) is 2.95. The Hall–Kier alpha value is -2.54. The third kappa shape index (κ3) is 5.03. The molecule has 0 bridgehead atoms. The van der Waals surface area contributed by atoms with Crippen LogP contribution in [-0.2, 0) is 11.2 Å². The van der Waals surface area contributed by atoms with E-state index in [1.165, 1.54) is 4.57 Å². The lowest BCUT2D eigenvalue weighted by Crippen LogP contribution is -2.45. The van der Waals surface area contributed by atoms with Crippen LogP contribution in [0.5, 0.6) is 0 Å². The zero-order valence-corrected chi connectivity index (χ0v) is 19.4. The highest BCUT2D eigenvalue weighted by atomic mass is 35.5. The summed E-state index contributed by atoms with van der Waals surface area (Å²) in [6, 6.07) is 8.65. The standard InChI is InChI=1S/C23H31ClN4O3/c1-16(2)27-20(15-22(30)28(17(3)4)23(27)31)25-10-7-11-26(13-12-25)21(29)14-18-8-5-6-9-19(18)24/h5-6,8-9,15-17H,7,10-14H2,1-4H3. The van der Waals surface area contributed by atoms with Gasteiger partial charge in [0.15, 0.2) is 0 Å². The molecule has 8 heteroatoms. The van der Waals surface area contributed by atoms with Gasteiger partial charge in [0.05, 0.1) is 6.42 Å². The van der Waals surface area contributed by atoms with E-state index in [9.17, 15) is 14.4 Å². The fourth-order valence-electron chi connectivity index (χ4n) is 4.07. The van der Waals surface area contributed by atoms with Crippen LogP contribution in [0.3, 0.4) is 0 Å². The molecule has 1 aromatic carbocycles. The summed E-state index contributed by atoms with van der Waals surface area (Å²) in [5.74, 6) is 0.661. The molecule has 0 unspecified atom stereocenters. The first-order chi connectivity index (χ1) is 14.7. The molecule has 1 aromatic heterocycles. The van der Waals surface area contributed by atoms with Crippen LogP contribution < -0.4 is 16.1 Å². The summed E-state index contributed by atoms with van der Waals surface area (Å²) < 4.78 is 2.98. The molecule has 0 radical (unpaired) electrons. The first-order valence-electron chi connectivity index (χ1n) is 10.8. The van der Waals surface area contributed by atoms with Crippen molar-refractivity contribution in [3.05, 3.63) is 61.8 Å². The highest BCUT2D eigenvalue weighted by Crippen LogP contribution is 2.20. The van der Waals surface area contributed by atoms with Crippen LogP contribution in [0, 0.1) is 0 Å². The first-order valence-corrected chi connectivity index (χ1v) is 11.2. The Bertz CT molecular complexity index is 1060. The molecule has 168 valence electrons. The van der Waals surface area contributed by atoms with Gasteiger partial charge >= 0.3 is 5.69 Å². The molecule has 31 heavy (non-hydrogen) atoms. The molecule has 0 saturated carbocycles. The molecule has 0 N–H and O–H groups in total.